The minimum absolute atomic E-state index is 0.166. The first-order chi connectivity index (χ1) is 12.7. The Kier molecular flexibility index (Phi) is 5.11. The molecule has 2 saturated heterocycles. The van der Waals surface area contributed by atoms with Crippen LogP contribution in [0.3, 0.4) is 0 Å². The summed E-state index contributed by atoms with van der Waals surface area (Å²) in [6.45, 7) is 4.43. The number of phenols is 2. The van der Waals surface area contributed by atoms with Gasteiger partial charge in [0.05, 0.1) is 18.8 Å². The monoisotopic (exact) mass is 355 g/mol. The maximum Gasteiger partial charge on any atom is 0.187 e. The highest BCUT2D eigenvalue weighted by Gasteiger charge is 2.22. The van der Waals surface area contributed by atoms with Gasteiger partial charge < -0.3 is 24.6 Å². The molecular formula is C21H25NO4. The molecule has 2 N–H and O–H groups in total. The SMILES string of the molecule is Oc1ccc(CCN2CCCC2)c(-c2ccc(O)c(C3OCCO3)c2)c1. The van der Waals surface area contributed by atoms with E-state index in [1.165, 1.54) is 31.5 Å². The van der Waals surface area contributed by atoms with Crippen LogP contribution in [0, 0.1) is 0 Å². The summed E-state index contributed by atoms with van der Waals surface area (Å²) < 4.78 is 11.1. The largest absolute Gasteiger partial charge is 0.508 e. The molecule has 2 fully saturated rings. The summed E-state index contributed by atoms with van der Waals surface area (Å²) in [5, 5.41) is 20.2. The zero-order valence-corrected chi connectivity index (χ0v) is 14.9. The smallest absolute Gasteiger partial charge is 0.187 e. The number of aromatic hydroxyl groups is 2. The van der Waals surface area contributed by atoms with Crippen LogP contribution in [0.15, 0.2) is 36.4 Å². The number of ether oxygens (including phenoxy) is 2. The van der Waals surface area contributed by atoms with Crippen molar-refractivity contribution in [2.24, 2.45) is 0 Å². The second-order valence-corrected chi connectivity index (χ2v) is 6.99. The van der Waals surface area contributed by atoms with Gasteiger partial charge in [0.2, 0.25) is 0 Å². The van der Waals surface area contributed by atoms with Crippen molar-refractivity contribution in [3.8, 4) is 22.6 Å². The molecule has 5 heteroatoms. The molecule has 2 aromatic carbocycles. The third-order valence-electron chi connectivity index (χ3n) is 5.20. The summed E-state index contributed by atoms with van der Waals surface area (Å²) in [4.78, 5) is 2.49. The van der Waals surface area contributed by atoms with Crippen LogP contribution >= 0.6 is 0 Å². The number of benzene rings is 2. The molecular weight excluding hydrogens is 330 g/mol. The Hall–Kier alpha value is -2.08. The Labute approximate surface area is 153 Å². The summed E-state index contributed by atoms with van der Waals surface area (Å²) in [5.74, 6) is 0.410. The zero-order chi connectivity index (χ0) is 17.9. The van der Waals surface area contributed by atoms with Crippen molar-refractivity contribution in [2.75, 3.05) is 32.8 Å². The molecule has 5 nitrogen and oxygen atoms in total. The molecule has 0 atom stereocenters. The van der Waals surface area contributed by atoms with Crippen LogP contribution in [0.25, 0.3) is 11.1 Å². The molecule has 2 aliphatic rings. The van der Waals surface area contributed by atoms with Gasteiger partial charge in [-0.1, -0.05) is 12.1 Å². The molecule has 0 aliphatic carbocycles. The van der Waals surface area contributed by atoms with Crippen molar-refractivity contribution < 1.29 is 19.7 Å². The lowest BCUT2D eigenvalue weighted by atomic mass is 9.95. The van der Waals surface area contributed by atoms with Crippen LogP contribution in [0.4, 0.5) is 0 Å². The highest BCUT2D eigenvalue weighted by molar-refractivity contribution is 5.70. The Morgan fingerprint density at radius 1 is 0.962 bits per heavy atom. The fourth-order valence-corrected chi connectivity index (χ4v) is 3.78. The second-order valence-electron chi connectivity index (χ2n) is 6.99. The quantitative estimate of drug-likeness (QED) is 0.860. The van der Waals surface area contributed by atoms with E-state index in [4.69, 9.17) is 9.47 Å². The third-order valence-corrected chi connectivity index (χ3v) is 5.20. The molecule has 0 bridgehead atoms. The van der Waals surface area contributed by atoms with E-state index in [0.717, 1.165) is 24.1 Å². The summed E-state index contributed by atoms with van der Waals surface area (Å²) in [6, 6.07) is 11.0. The molecule has 0 amide bonds. The van der Waals surface area contributed by atoms with Crippen LogP contribution < -0.4 is 0 Å². The van der Waals surface area contributed by atoms with Gasteiger partial charge in [0, 0.05) is 6.54 Å². The van der Waals surface area contributed by atoms with Crippen molar-refractivity contribution in [2.45, 2.75) is 25.6 Å². The molecule has 0 saturated carbocycles. The molecule has 2 aliphatic heterocycles. The Morgan fingerprint density at radius 2 is 1.73 bits per heavy atom. The predicted octanol–water partition coefficient (Wildman–Crippen LogP) is 3.45. The highest BCUT2D eigenvalue weighted by Crippen LogP contribution is 2.36. The predicted molar refractivity (Wildman–Crippen MR) is 99.2 cm³/mol. The molecule has 2 heterocycles. The Morgan fingerprint density at radius 3 is 2.50 bits per heavy atom. The van der Waals surface area contributed by atoms with Gasteiger partial charge in [-0.05, 0) is 73.3 Å². The average molecular weight is 355 g/mol. The number of likely N-dealkylation sites (tertiary alicyclic amines) is 1. The highest BCUT2D eigenvalue weighted by atomic mass is 16.7. The maximum absolute atomic E-state index is 10.2. The van der Waals surface area contributed by atoms with Gasteiger partial charge in [0.1, 0.15) is 11.5 Å². The van der Waals surface area contributed by atoms with Crippen molar-refractivity contribution in [1.29, 1.82) is 0 Å². The lowest BCUT2D eigenvalue weighted by Gasteiger charge is -2.18. The fourth-order valence-electron chi connectivity index (χ4n) is 3.78. The van der Waals surface area contributed by atoms with Gasteiger partial charge in [0.25, 0.3) is 0 Å². The van der Waals surface area contributed by atoms with Crippen molar-refractivity contribution >= 4 is 0 Å². The minimum atomic E-state index is -0.527. The standard InChI is InChI=1S/C21H25NO4/c23-17-5-3-15(7-10-22-8-1-2-9-22)18(14-17)16-4-6-20(24)19(13-16)21-25-11-12-26-21/h3-6,13-14,21,23-24H,1-2,7-12H2. The number of nitrogens with zero attached hydrogens (tertiary/aromatic N) is 1. The summed E-state index contributed by atoms with van der Waals surface area (Å²) in [6.07, 6.45) is 2.97. The number of rotatable bonds is 5. The summed E-state index contributed by atoms with van der Waals surface area (Å²) in [5.41, 5.74) is 3.76. The first-order valence-electron chi connectivity index (χ1n) is 9.31. The van der Waals surface area contributed by atoms with Gasteiger partial charge in [-0.2, -0.15) is 0 Å². The van der Waals surface area contributed by atoms with Crippen LogP contribution in [0.1, 0.15) is 30.3 Å². The topological polar surface area (TPSA) is 62.2 Å². The third kappa shape index (κ3) is 3.70. The van der Waals surface area contributed by atoms with Crippen molar-refractivity contribution in [3.63, 3.8) is 0 Å². The zero-order valence-electron chi connectivity index (χ0n) is 14.9. The number of hydrogen-bond acceptors (Lipinski definition) is 5. The lowest BCUT2D eigenvalue weighted by Crippen LogP contribution is -2.22. The molecule has 0 radical (unpaired) electrons. The number of hydrogen-bond donors (Lipinski definition) is 2. The van der Waals surface area contributed by atoms with E-state index < -0.39 is 6.29 Å². The maximum atomic E-state index is 10.2. The normalized spacial score (nSPS) is 18.6. The summed E-state index contributed by atoms with van der Waals surface area (Å²) in [7, 11) is 0. The summed E-state index contributed by atoms with van der Waals surface area (Å²) >= 11 is 0. The second kappa shape index (κ2) is 7.66. The average Bonchev–Trinajstić information content (AvgIpc) is 3.35. The Balaban J connectivity index is 1.63. The molecule has 2 aromatic rings. The van der Waals surface area contributed by atoms with Crippen molar-refractivity contribution in [1.82, 2.24) is 4.90 Å². The molecule has 26 heavy (non-hydrogen) atoms. The van der Waals surface area contributed by atoms with Crippen LogP contribution in [0.2, 0.25) is 0 Å². The molecule has 0 aromatic heterocycles. The number of phenolic OH excluding ortho intramolecular Hbond substituents is 2. The Bertz CT molecular complexity index is 765. The molecule has 0 spiro atoms. The van der Waals surface area contributed by atoms with E-state index in [1.807, 2.05) is 18.2 Å². The van der Waals surface area contributed by atoms with E-state index in [-0.39, 0.29) is 11.5 Å². The van der Waals surface area contributed by atoms with Gasteiger partial charge in [0.15, 0.2) is 6.29 Å². The molecule has 0 unspecified atom stereocenters. The van der Waals surface area contributed by atoms with E-state index in [0.29, 0.717) is 18.8 Å². The minimum Gasteiger partial charge on any atom is -0.508 e. The van der Waals surface area contributed by atoms with Crippen LogP contribution in [0.5, 0.6) is 11.5 Å². The lowest BCUT2D eigenvalue weighted by molar-refractivity contribution is -0.0454. The van der Waals surface area contributed by atoms with Crippen LogP contribution in [-0.4, -0.2) is 48.0 Å². The first kappa shape index (κ1) is 17.3. The molecule has 4 rings (SSSR count). The van der Waals surface area contributed by atoms with E-state index in [2.05, 4.69) is 4.90 Å². The van der Waals surface area contributed by atoms with E-state index >= 15 is 0 Å². The van der Waals surface area contributed by atoms with Crippen LogP contribution in [-0.2, 0) is 15.9 Å². The molecule has 138 valence electrons. The van der Waals surface area contributed by atoms with E-state index in [9.17, 15) is 10.2 Å². The first-order valence-corrected chi connectivity index (χ1v) is 9.31. The van der Waals surface area contributed by atoms with Crippen molar-refractivity contribution in [3.05, 3.63) is 47.5 Å². The fraction of sp³-hybridized carbons (Fsp3) is 0.429. The van der Waals surface area contributed by atoms with Gasteiger partial charge in [-0.15, -0.1) is 0 Å². The van der Waals surface area contributed by atoms with E-state index in [1.54, 1.807) is 18.2 Å². The van der Waals surface area contributed by atoms with Gasteiger partial charge in [-0.25, -0.2) is 0 Å². The van der Waals surface area contributed by atoms with Gasteiger partial charge >= 0.3 is 0 Å². The van der Waals surface area contributed by atoms with Gasteiger partial charge in [-0.3, -0.25) is 0 Å².